The lowest BCUT2D eigenvalue weighted by Gasteiger charge is -2.37. The van der Waals surface area contributed by atoms with Crippen molar-refractivity contribution in [1.82, 2.24) is 4.90 Å². The summed E-state index contributed by atoms with van der Waals surface area (Å²) in [4.78, 5) is 2.48. The first-order valence-electron chi connectivity index (χ1n) is 6.27. The third-order valence-corrected chi connectivity index (χ3v) is 4.90. The summed E-state index contributed by atoms with van der Waals surface area (Å²) in [6.45, 7) is 7.95. The number of rotatable bonds is 2. The number of piperidine rings is 1. The fourth-order valence-corrected chi connectivity index (χ4v) is 3.57. The van der Waals surface area contributed by atoms with Crippen LogP contribution in [0.3, 0.4) is 0 Å². The SMILES string of the molecule is CC1(C)CCN(Cc2cc(Br)c(O)c(Br)c2)CC1. The third kappa shape index (κ3) is 3.49. The van der Waals surface area contributed by atoms with Crippen molar-refractivity contribution in [3.63, 3.8) is 0 Å². The zero-order valence-electron chi connectivity index (χ0n) is 10.8. The van der Waals surface area contributed by atoms with Crippen molar-refractivity contribution < 1.29 is 5.11 Å². The molecule has 0 amide bonds. The lowest BCUT2D eigenvalue weighted by Crippen LogP contribution is -2.36. The van der Waals surface area contributed by atoms with Crippen LogP contribution in [0, 0.1) is 5.41 Å². The molecule has 0 atom stereocenters. The molecule has 1 fully saturated rings. The summed E-state index contributed by atoms with van der Waals surface area (Å²) in [6.07, 6.45) is 2.51. The highest BCUT2D eigenvalue weighted by Crippen LogP contribution is 2.35. The van der Waals surface area contributed by atoms with Gasteiger partial charge in [0.1, 0.15) is 5.75 Å². The Morgan fingerprint density at radius 3 is 2.17 bits per heavy atom. The number of phenols is 1. The zero-order chi connectivity index (χ0) is 13.3. The normalized spacial score (nSPS) is 20.0. The van der Waals surface area contributed by atoms with Crippen LogP contribution in [-0.4, -0.2) is 23.1 Å². The van der Waals surface area contributed by atoms with Gasteiger partial charge in [-0.05, 0) is 80.9 Å². The van der Waals surface area contributed by atoms with Crippen molar-refractivity contribution in [2.24, 2.45) is 5.41 Å². The van der Waals surface area contributed by atoms with Gasteiger partial charge in [-0.3, -0.25) is 4.90 Å². The maximum absolute atomic E-state index is 9.70. The van der Waals surface area contributed by atoms with Gasteiger partial charge in [-0.2, -0.15) is 0 Å². The van der Waals surface area contributed by atoms with E-state index in [9.17, 15) is 5.11 Å². The van der Waals surface area contributed by atoms with Crippen molar-refractivity contribution in [2.75, 3.05) is 13.1 Å². The monoisotopic (exact) mass is 375 g/mol. The van der Waals surface area contributed by atoms with E-state index in [1.807, 2.05) is 12.1 Å². The van der Waals surface area contributed by atoms with Gasteiger partial charge in [-0.1, -0.05) is 13.8 Å². The van der Waals surface area contributed by atoms with Gasteiger partial charge in [0.2, 0.25) is 0 Å². The molecule has 0 saturated carbocycles. The number of hydrogen-bond donors (Lipinski definition) is 1. The van der Waals surface area contributed by atoms with E-state index >= 15 is 0 Å². The highest BCUT2D eigenvalue weighted by atomic mass is 79.9. The highest BCUT2D eigenvalue weighted by molar-refractivity contribution is 9.11. The summed E-state index contributed by atoms with van der Waals surface area (Å²) in [5.41, 5.74) is 1.72. The maximum Gasteiger partial charge on any atom is 0.143 e. The summed E-state index contributed by atoms with van der Waals surface area (Å²) in [5, 5.41) is 9.70. The average molecular weight is 377 g/mol. The fourth-order valence-electron chi connectivity index (χ4n) is 2.28. The molecule has 1 heterocycles. The second kappa shape index (κ2) is 5.51. The second-order valence-corrected chi connectivity index (χ2v) is 7.56. The van der Waals surface area contributed by atoms with Gasteiger partial charge < -0.3 is 5.11 Å². The van der Waals surface area contributed by atoms with Crippen molar-refractivity contribution in [3.05, 3.63) is 26.6 Å². The molecule has 1 N–H and O–H groups in total. The Morgan fingerprint density at radius 2 is 1.67 bits per heavy atom. The summed E-state index contributed by atoms with van der Waals surface area (Å²) in [5.74, 6) is 0.276. The Hall–Kier alpha value is -0.0600. The van der Waals surface area contributed by atoms with Crippen LogP contribution in [-0.2, 0) is 6.54 Å². The van der Waals surface area contributed by atoms with Crippen LogP contribution in [0.25, 0.3) is 0 Å². The number of likely N-dealkylation sites (tertiary alicyclic amines) is 1. The molecule has 2 rings (SSSR count). The maximum atomic E-state index is 9.70. The molecule has 1 aliphatic rings. The molecular formula is C14H19Br2NO. The van der Waals surface area contributed by atoms with Gasteiger partial charge >= 0.3 is 0 Å². The number of halogens is 2. The van der Waals surface area contributed by atoms with E-state index in [2.05, 4.69) is 50.6 Å². The third-order valence-electron chi connectivity index (χ3n) is 3.69. The predicted molar refractivity (Wildman–Crippen MR) is 81.8 cm³/mol. The molecule has 0 aromatic heterocycles. The Morgan fingerprint density at radius 1 is 1.17 bits per heavy atom. The topological polar surface area (TPSA) is 23.5 Å². The van der Waals surface area contributed by atoms with Gasteiger partial charge in [0.15, 0.2) is 0 Å². The quantitative estimate of drug-likeness (QED) is 0.818. The predicted octanol–water partition coefficient (Wildman–Crippen LogP) is 4.54. The average Bonchev–Trinajstić information content (AvgIpc) is 2.29. The van der Waals surface area contributed by atoms with Crippen LogP contribution in [0.2, 0.25) is 0 Å². The van der Waals surface area contributed by atoms with Crippen LogP contribution >= 0.6 is 31.9 Å². The summed E-state index contributed by atoms with van der Waals surface area (Å²) in [6, 6.07) is 4.00. The number of nitrogens with zero attached hydrogens (tertiary/aromatic N) is 1. The van der Waals surface area contributed by atoms with Gasteiger partial charge in [-0.25, -0.2) is 0 Å². The smallest absolute Gasteiger partial charge is 0.143 e. The minimum Gasteiger partial charge on any atom is -0.506 e. The molecule has 1 aromatic rings. The summed E-state index contributed by atoms with van der Waals surface area (Å²) in [7, 11) is 0. The van der Waals surface area contributed by atoms with Crippen molar-refractivity contribution in [3.8, 4) is 5.75 Å². The Balaban J connectivity index is 2.03. The second-order valence-electron chi connectivity index (χ2n) is 5.85. The van der Waals surface area contributed by atoms with Gasteiger partial charge in [0.05, 0.1) is 8.95 Å². The number of hydrogen-bond acceptors (Lipinski definition) is 2. The number of phenolic OH excluding ortho intramolecular Hbond substituents is 1. The standard InChI is InChI=1S/C14H19Br2NO/c1-14(2)3-5-17(6-4-14)9-10-7-11(15)13(18)12(16)8-10/h7-8,18H,3-6,9H2,1-2H3. The Bertz CT molecular complexity index is 412. The molecule has 18 heavy (non-hydrogen) atoms. The van der Waals surface area contributed by atoms with E-state index in [1.165, 1.54) is 18.4 Å². The van der Waals surface area contributed by atoms with Gasteiger partial charge in [-0.15, -0.1) is 0 Å². The first-order chi connectivity index (χ1) is 8.37. The highest BCUT2D eigenvalue weighted by Gasteiger charge is 2.25. The van der Waals surface area contributed by atoms with Crippen molar-refractivity contribution in [2.45, 2.75) is 33.2 Å². The van der Waals surface area contributed by atoms with E-state index in [-0.39, 0.29) is 5.75 Å². The molecule has 2 nitrogen and oxygen atoms in total. The molecule has 100 valence electrons. The van der Waals surface area contributed by atoms with Gasteiger partial charge in [0.25, 0.3) is 0 Å². The van der Waals surface area contributed by atoms with E-state index in [4.69, 9.17) is 0 Å². The molecule has 1 aliphatic heterocycles. The zero-order valence-corrected chi connectivity index (χ0v) is 14.0. The van der Waals surface area contributed by atoms with Crippen LogP contribution in [0.4, 0.5) is 0 Å². The van der Waals surface area contributed by atoms with Gasteiger partial charge in [0, 0.05) is 6.54 Å². The molecular weight excluding hydrogens is 358 g/mol. The Kier molecular flexibility index (Phi) is 4.40. The van der Waals surface area contributed by atoms with Crippen molar-refractivity contribution in [1.29, 1.82) is 0 Å². The van der Waals surface area contributed by atoms with Crippen LogP contribution in [0.1, 0.15) is 32.3 Å². The first-order valence-corrected chi connectivity index (χ1v) is 7.85. The summed E-state index contributed by atoms with van der Waals surface area (Å²) < 4.78 is 1.51. The minimum absolute atomic E-state index is 0.276. The molecule has 1 aromatic carbocycles. The van der Waals surface area contributed by atoms with Crippen molar-refractivity contribution >= 4 is 31.9 Å². The number of aromatic hydroxyl groups is 1. The van der Waals surface area contributed by atoms with E-state index in [0.717, 1.165) is 28.6 Å². The molecule has 0 radical (unpaired) electrons. The fraction of sp³-hybridized carbons (Fsp3) is 0.571. The largest absolute Gasteiger partial charge is 0.506 e. The summed E-state index contributed by atoms with van der Waals surface area (Å²) >= 11 is 6.76. The number of benzene rings is 1. The van der Waals surface area contributed by atoms with Crippen LogP contribution < -0.4 is 0 Å². The lowest BCUT2D eigenvalue weighted by molar-refractivity contribution is 0.127. The van der Waals surface area contributed by atoms with Crippen LogP contribution in [0.5, 0.6) is 5.75 Å². The molecule has 0 aliphatic carbocycles. The molecule has 4 heteroatoms. The van der Waals surface area contributed by atoms with Crippen LogP contribution in [0.15, 0.2) is 21.1 Å². The molecule has 1 saturated heterocycles. The Labute approximate surface area is 126 Å². The van der Waals surface area contributed by atoms with E-state index in [1.54, 1.807) is 0 Å². The minimum atomic E-state index is 0.276. The van der Waals surface area contributed by atoms with E-state index in [0.29, 0.717) is 5.41 Å². The first kappa shape index (κ1) is 14.4. The molecule has 0 unspecified atom stereocenters. The van der Waals surface area contributed by atoms with E-state index < -0.39 is 0 Å². The lowest BCUT2D eigenvalue weighted by atomic mass is 9.82. The molecule has 0 spiro atoms. The molecule has 0 bridgehead atoms.